The van der Waals surface area contributed by atoms with Gasteiger partial charge in [-0.3, -0.25) is 10.2 Å². The number of nitrogens with one attached hydrogen (secondary N) is 1. The van der Waals surface area contributed by atoms with Gasteiger partial charge in [-0.2, -0.15) is 0 Å². The zero-order valence-electron chi connectivity index (χ0n) is 19.2. The molecule has 1 amide bonds. The van der Waals surface area contributed by atoms with Crippen LogP contribution in [-0.4, -0.2) is 28.3 Å². The summed E-state index contributed by atoms with van der Waals surface area (Å²) in [6.45, 7) is 3.15. The third-order valence-corrected chi connectivity index (χ3v) is 7.85. The summed E-state index contributed by atoms with van der Waals surface area (Å²) in [6.07, 6.45) is 5.38. The number of ether oxygens (including phenoxy) is 1. The highest BCUT2D eigenvalue weighted by Crippen LogP contribution is 2.35. The molecular weight excluding hydrogens is 462 g/mol. The van der Waals surface area contributed by atoms with Crippen LogP contribution in [0, 0.1) is 0 Å². The summed E-state index contributed by atoms with van der Waals surface area (Å²) < 4.78 is 7.60. The molecule has 2 aromatic carbocycles. The zero-order valence-corrected chi connectivity index (χ0v) is 20.9. The molecule has 2 aromatic heterocycles. The van der Waals surface area contributed by atoms with Crippen LogP contribution in [0.2, 0.25) is 0 Å². The number of aromatic nitrogens is 1. The lowest BCUT2D eigenvalue weighted by molar-refractivity contribution is -0.131. The van der Waals surface area contributed by atoms with Crippen LogP contribution < -0.4 is 10.2 Å². The number of hydrazine groups is 1. The fourth-order valence-electron chi connectivity index (χ4n) is 4.26. The van der Waals surface area contributed by atoms with Gasteiger partial charge in [-0.25, -0.2) is 5.01 Å². The summed E-state index contributed by atoms with van der Waals surface area (Å²) in [7, 11) is 1.66. The molecule has 0 aliphatic carbocycles. The maximum Gasteiger partial charge on any atom is 0.252 e. The second-order valence-corrected chi connectivity index (χ2v) is 10.1. The van der Waals surface area contributed by atoms with Gasteiger partial charge in [0.25, 0.3) is 5.91 Å². The third-order valence-electron chi connectivity index (χ3n) is 5.92. The number of benzene rings is 2. The Morgan fingerprint density at radius 2 is 1.94 bits per heavy atom. The minimum Gasteiger partial charge on any atom is -0.497 e. The minimum absolute atomic E-state index is 0.0425. The lowest BCUT2D eigenvalue weighted by Gasteiger charge is -2.25. The first-order valence-electron chi connectivity index (χ1n) is 11.4. The summed E-state index contributed by atoms with van der Waals surface area (Å²) in [5, 5.41) is 5.01. The number of fused-ring (bicyclic) bond motifs is 1. The van der Waals surface area contributed by atoms with E-state index in [-0.39, 0.29) is 11.9 Å². The number of hydrogen-bond acceptors (Lipinski definition) is 5. The van der Waals surface area contributed by atoms with Crippen molar-refractivity contribution < 1.29 is 9.53 Å². The molecule has 1 atom stereocenters. The van der Waals surface area contributed by atoms with Crippen molar-refractivity contribution in [2.75, 3.05) is 12.9 Å². The van der Waals surface area contributed by atoms with Gasteiger partial charge in [0.2, 0.25) is 0 Å². The molecular formula is C27H27N3O2S2. The molecule has 5 rings (SSSR count). The first-order chi connectivity index (χ1) is 16.7. The molecule has 34 heavy (non-hydrogen) atoms. The van der Waals surface area contributed by atoms with Crippen molar-refractivity contribution in [3.63, 3.8) is 0 Å². The molecule has 1 aliphatic rings. The van der Waals surface area contributed by atoms with Crippen LogP contribution in [0.15, 0.2) is 83.2 Å². The molecule has 1 unspecified atom stereocenters. The predicted octanol–water partition coefficient (Wildman–Crippen LogP) is 6.34. The Labute approximate surface area is 208 Å². The van der Waals surface area contributed by atoms with E-state index in [1.54, 1.807) is 35.2 Å². The number of methoxy groups -OCH3 is 1. The van der Waals surface area contributed by atoms with Crippen molar-refractivity contribution in [1.82, 2.24) is 15.0 Å². The number of carbonyl (C=O) groups excluding carboxylic acids is 1. The summed E-state index contributed by atoms with van der Waals surface area (Å²) in [6, 6.07) is 20.2. The average Bonchev–Trinajstić information content (AvgIpc) is 3.62. The van der Waals surface area contributed by atoms with Crippen LogP contribution in [0.4, 0.5) is 0 Å². The third kappa shape index (κ3) is 4.45. The average molecular weight is 490 g/mol. The topological polar surface area (TPSA) is 46.5 Å². The molecule has 3 heterocycles. The van der Waals surface area contributed by atoms with Crippen LogP contribution in [0.5, 0.6) is 5.75 Å². The Morgan fingerprint density at radius 3 is 2.68 bits per heavy atom. The predicted molar refractivity (Wildman–Crippen MR) is 141 cm³/mol. The van der Waals surface area contributed by atoms with Crippen LogP contribution in [-0.2, 0) is 11.3 Å². The number of carbonyl (C=O) groups is 1. The highest BCUT2D eigenvalue weighted by Gasteiger charge is 2.31. The normalized spacial score (nSPS) is 15.4. The number of hydrogen-bond donors (Lipinski definition) is 1. The fraction of sp³-hybridized carbons (Fsp3) is 0.222. The van der Waals surface area contributed by atoms with Crippen LogP contribution in [0.1, 0.15) is 29.8 Å². The first kappa shape index (κ1) is 22.6. The number of thioether (sulfide) groups is 1. The van der Waals surface area contributed by atoms with Crippen molar-refractivity contribution in [2.45, 2.75) is 30.8 Å². The van der Waals surface area contributed by atoms with Crippen molar-refractivity contribution in [2.24, 2.45) is 0 Å². The molecule has 7 heteroatoms. The lowest BCUT2D eigenvalue weighted by Crippen LogP contribution is -2.40. The largest absolute Gasteiger partial charge is 0.497 e. The molecule has 4 aromatic rings. The van der Waals surface area contributed by atoms with E-state index in [9.17, 15) is 4.79 Å². The Hall–Kier alpha value is -3.16. The van der Waals surface area contributed by atoms with Crippen LogP contribution >= 0.6 is 23.1 Å². The first-order valence-corrected chi connectivity index (χ1v) is 13.2. The molecule has 174 valence electrons. The van der Waals surface area contributed by atoms with E-state index in [1.165, 1.54) is 10.9 Å². The van der Waals surface area contributed by atoms with Crippen LogP contribution in [0.3, 0.4) is 0 Å². The van der Waals surface area contributed by atoms with Crippen molar-refractivity contribution in [1.29, 1.82) is 0 Å². The summed E-state index contributed by atoms with van der Waals surface area (Å²) in [5.74, 6) is 1.20. The van der Waals surface area contributed by atoms with Gasteiger partial charge in [0.15, 0.2) is 0 Å². The molecule has 0 spiro atoms. The molecule has 1 N–H and O–H groups in total. The molecule has 5 nitrogen and oxygen atoms in total. The van der Waals surface area contributed by atoms with Gasteiger partial charge in [0.05, 0.1) is 29.5 Å². The molecule has 0 radical (unpaired) electrons. The zero-order chi connectivity index (χ0) is 23.5. The van der Waals surface area contributed by atoms with Gasteiger partial charge in [0.1, 0.15) is 5.75 Å². The number of amides is 1. The van der Waals surface area contributed by atoms with E-state index in [0.29, 0.717) is 5.75 Å². The minimum atomic E-state index is -0.183. The quantitative estimate of drug-likeness (QED) is 0.293. The molecule has 1 aliphatic heterocycles. The molecule has 0 bridgehead atoms. The Morgan fingerprint density at radius 1 is 1.12 bits per heavy atom. The van der Waals surface area contributed by atoms with Gasteiger partial charge in [0, 0.05) is 28.5 Å². The number of nitrogens with zero attached hydrogens (tertiary/aromatic N) is 2. The van der Waals surface area contributed by atoms with Gasteiger partial charge in [-0.1, -0.05) is 43.3 Å². The van der Waals surface area contributed by atoms with E-state index in [0.717, 1.165) is 39.7 Å². The van der Waals surface area contributed by atoms with Gasteiger partial charge in [-0.15, -0.1) is 23.1 Å². The number of thiophene rings is 1. The van der Waals surface area contributed by atoms with E-state index in [2.05, 4.69) is 59.5 Å². The van der Waals surface area contributed by atoms with Gasteiger partial charge >= 0.3 is 0 Å². The lowest BCUT2D eigenvalue weighted by atomic mass is 10.1. The Kier molecular flexibility index (Phi) is 6.65. The Balaban J connectivity index is 1.38. The fourth-order valence-corrected chi connectivity index (χ4v) is 5.91. The second-order valence-electron chi connectivity index (χ2n) is 8.14. The maximum atomic E-state index is 13.5. The highest BCUT2D eigenvalue weighted by atomic mass is 32.2. The number of aryl methyl sites for hydroxylation is 1. The number of rotatable bonds is 8. The summed E-state index contributed by atoms with van der Waals surface area (Å²) in [5.41, 5.74) is 6.60. The number of para-hydroxylation sites is 1. The van der Waals surface area contributed by atoms with E-state index in [4.69, 9.17) is 4.74 Å². The molecule has 0 fully saturated rings. The highest BCUT2D eigenvalue weighted by molar-refractivity contribution is 8.00. The van der Waals surface area contributed by atoms with Crippen molar-refractivity contribution in [3.05, 3.63) is 88.8 Å². The maximum absolute atomic E-state index is 13.5. The molecule has 0 saturated carbocycles. The summed E-state index contributed by atoms with van der Waals surface area (Å²) in [4.78, 5) is 15.7. The van der Waals surface area contributed by atoms with Gasteiger partial charge in [-0.05, 0) is 47.7 Å². The van der Waals surface area contributed by atoms with Crippen molar-refractivity contribution >= 4 is 45.6 Å². The second kappa shape index (κ2) is 9.99. The smallest absolute Gasteiger partial charge is 0.252 e. The van der Waals surface area contributed by atoms with E-state index < -0.39 is 0 Å². The Bertz CT molecular complexity index is 1310. The molecule has 0 saturated heterocycles. The van der Waals surface area contributed by atoms with E-state index in [1.807, 2.05) is 35.7 Å². The van der Waals surface area contributed by atoms with Crippen molar-refractivity contribution in [3.8, 4) is 5.75 Å². The van der Waals surface area contributed by atoms with E-state index >= 15 is 0 Å². The van der Waals surface area contributed by atoms with Crippen LogP contribution in [0.25, 0.3) is 16.6 Å². The van der Waals surface area contributed by atoms with Gasteiger partial charge < -0.3 is 9.30 Å². The monoisotopic (exact) mass is 489 g/mol. The standard InChI is InChI=1S/C27H27N3O2S2/c1-3-14-29-17-26(21-7-4-5-8-23(21)29)34-18-27(31)30-24(19-10-12-20(32-2)13-11-19)16-22(28-30)25-9-6-15-33-25/h4-13,15-17,24,28H,3,14,18H2,1-2H3. The SMILES string of the molecule is CCCn1cc(SCC(=O)N2NC(c3cccs3)=CC2c2ccc(OC)cc2)c2ccccc21. The summed E-state index contributed by atoms with van der Waals surface area (Å²) >= 11 is 3.26.